The molecular weight excluding hydrogens is 412 g/mol. The van der Waals surface area contributed by atoms with E-state index in [-0.39, 0.29) is 21.7 Å². The number of aliphatic hydroxyl groups is 2. The van der Waals surface area contributed by atoms with E-state index < -0.39 is 23.6 Å². The van der Waals surface area contributed by atoms with E-state index in [0.717, 1.165) is 50.5 Å². The van der Waals surface area contributed by atoms with E-state index >= 15 is 0 Å². The van der Waals surface area contributed by atoms with Gasteiger partial charge in [-0.1, -0.05) is 33.3 Å². The highest BCUT2D eigenvalue weighted by molar-refractivity contribution is 5.74. The third-order valence-corrected chi connectivity index (χ3v) is 13.0. The van der Waals surface area contributed by atoms with Gasteiger partial charge in [-0.3, -0.25) is 4.79 Å². The van der Waals surface area contributed by atoms with Gasteiger partial charge >= 0.3 is 5.97 Å². The normalized spacial score (nSPS) is 56.3. The molecule has 5 aliphatic rings. The van der Waals surface area contributed by atoms with E-state index in [1.54, 1.807) is 0 Å². The van der Waals surface area contributed by atoms with Crippen LogP contribution in [0.4, 0.5) is 0 Å². The summed E-state index contributed by atoms with van der Waals surface area (Å²) in [6, 6.07) is 0. The molecule has 3 N–H and O–H groups in total. The fourth-order valence-electron chi connectivity index (χ4n) is 10.4. The molecule has 0 unspecified atom stereocenters. The van der Waals surface area contributed by atoms with Crippen LogP contribution in [0, 0.1) is 44.8 Å². The van der Waals surface area contributed by atoms with E-state index in [0.29, 0.717) is 24.2 Å². The summed E-state index contributed by atoms with van der Waals surface area (Å²) in [5.41, 5.74) is 2.57. The molecule has 0 amide bonds. The van der Waals surface area contributed by atoms with Crippen molar-refractivity contribution >= 4 is 5.97 Å². The van der Waals surface area contributed by atoms with Crippen LogP contribution in [-0.2, 0) is 4.79 Å². The summed E-state index contributed by atoms with van der Waals surface area (Å²) in [5, 5.41) is 31.3. The summed E-state index contributed by atoms with van der Waals surface area (Å²) in [6.07, 6.45) is 8.92. The Morgan fingerprint density at radius 2 is 1.48 bits per heavy atom. The summed E-state index contributed by atoms with van der Waals surface area (Å²) in [7, 11) is 0. The number of allylic oxidation sites excluding steroid dienone is 1. The predicted molar refractivity (Wildman–Crippen MR) is 130 cm³/mol. The third-order valence-electron chi connectivity index (χ3n) is 13.0. The molecule has 33 heavy (non-hydrogen) atoms. The van der Waals surface area contributed by atoms with Crippen molar-refractivity contribution in [2.24, 2.45) is 44.8 Å². The SMILES string of the molecule is CC1=C2CC[C@@H]3[C@@](C)(CC[C@@]4(C)[C@H]5C[C@](C)(C(=O)O)CC[C@]5(C)CC[C@]34C)[C@@H]2C[C@H](O)[C@H]1O. The molecule has 10 atom stereocenters. The van der Waals surface area contributed by atoms with Gasteiger partial charge in [0.2, 0.25) is 0 Å². The molecule has 0 bridgehead atoms. The molecule has 4 fully saturated rings. The Bertz CT molecular complexity index is 894. The van der Waals surface area contributed by atoms with Crippen LogP contribution in [0.1, 0.15) is 106 Å². The van der Waals surface area contributed by atoms with E-state index in [4.69, 9.17) is 0 Å². The molecule has 0 aliphatic heterocycles. The van der Waals surface area contributed by atoms with Gasteiger partial charge in [0.05, 0.1) is 11.5 Å². The lowest BCUT2D eigenvalue weighted by Gasteiger charge is -2.73. The molecule has 4 nitrogen and oxygen atoms in total. The monoisotopic (exact) mass is 458 g/mol. The topological polar surface area (TPSA) is 77.8 Å². The summed E-state index contributed by atoms with van der Waals surface area (Å²) in [5.74, 6) is 0.773. The molecule has 0 heterocycles. The number of carboxylic acid groups (broad SMARTS) is 1. The summed E-state index contributed by atoms with van der Waals surface area (Å²) < 4.78 is 0. The highest BCUT2D eigenvalue weighted by Gasteiger charge is 2.69. The fourth-order valence-corrected chi connectivity index (χ4v) is 10.4. The van der Waals surface area contributed by atoms with Gasteiger partial charge in [-0.15, -0.1) is 0 Å². The van der Waals surface area contributed by atoms with Crippen molar-refractivity contribution in [2.45, 2.75) is 118 Å². The lowest BCUT2D eigenvalue weighted by atomic mass is 9.31. The Balaban J connectivity index is 1.55. The zero-order valence-corrected chi connectivity index (χ0v) is 21.7. The van der Waals surface area contributed by atoms with Crippen LogP contribution in [0.25, 0.3) is 0 Å². The average Bonchev–Trinajstić information content (AvgIpc) is 2.75. The summed E-state index contributed by atoms with van der Waals surface area (Å²) in [6.45, 7) is 14.1. The largest absolute Gasteiger partial charge is 0.481 e. The minimum absolute atomic E-state index is 0.142. The standard InChI is InChI=1S/C29H46O4/c1-17-18-7-8-21-27(4,19(18)15-20(30)23(17)31)12-14-29(6)22-16-26(3,24(32)33)10-9-25(22,2)11-13-28(21,29)5/h19-23,30-31H,7-16H2,1-6H3,(H,32,33)/t19-,20+,21-,22+,23+,25-,26-,27+,28-,29+/m1/s1. The van der Waals surface area contributed by atoms with Gasteiger partial charge in [-0.25, -0.2) is 0 Å². The predicted octanol–water partition coefficient (Wildman–Crippen LogP) is 5.96. The van der Waals surface area contributed by atoms with Crippen molar-refractivity contribution in [1.82, 2.24) is 0 Å². The van der Waals surface area contributed by atoms with Crippen LogP contribution in [0.15, 0.2) is 11.1 Å². The highest BCUT2D eigenvalue weighted by Crippen LogP contribution is 2.77. The van der Waals surface area contributed by atoms with Crippen molar-refractivity contribution in [3.8, 4) is 0 Å². The number of hydrogen-bond donors (Lipinski definition) is 3. The van der Waals surface area contributed by atoms with Gasteiger partial charge in [0, 0.05) is 0 Å². The zero-order chi connectivity index (χ0) is 24.2. The number of rotatable bonds is 1. The Labute approximate surface area is 200 Å². The maximum absolute atomic E-state index is 12.3. The van der Waals surface area contributed by atoms with Crippen molar-refractivity contribution in [1.29, 1.82) is 0 Å². The maximum atomic E-state index is 12.3. The molecule has 0 saturated heterocycles. The summed E-state index contributed by atoms with van der Waals surface area (Å²) in [4.78, 5) is 12.3. The molecule has 4 heteroatoms. The number of aliphatic carboxylic acids is 1. The van der Waals surface area contributed by atoms with Gasteiger partial charge < -0.3 is 15.3 Å². The molecule has 5 rings (SSSR count). The third kappa shape index (κ3) is 2.92. The highest BCUT2D eigenvalue weighted by atomic mass is 16.4. The van der Waals surface area contributed by atoms with Gasteiger partial charge in [-0.05, 0) is 123 Å². The Hall–Kier alpha value is -0.870. The average molecular weight is 459 g/mol. The number of carboxylic acids is 1. The second kappa shape index (κ2) is 7.09. The Kier molecular flexibility index (Phi) is 5.13. The minimum atomic E-state index is -0.702. The van der Waals surface area contributed by atoms with Crippen LogP contribution in [-0.4, -0.2) is 33.5 Å². The van der Waals surface area contributed by atoms with Crippen molar-refractivity contribution in [3.05, 3.63) is 11.1 Å². The molecule has 4 saturated carbocycles. The van der Waals surface area contributed by atoms with Gasteiger partial charge in [0.25, 0.3) is 0 Å². The van der Waals surface area contributed by atoms with Crippen molar-refractivity contribution in [2.75, 3.05) is 0 Å². The quantitative estimate of drug-likeness (QED) is 0.424. The van der Waals surface area contributed by atoms with Crippen molar-refractivity contribution in [3.63, 3.8) is 0 Å². The van der Waals surface area contributed by atoms with Crippen molar-refractivity contribution < 1.29 is 20.1 Å². The van der Waals surface area contributed by atoms with Crippen LogP contribution in [0.3, 0.4) is 0 Å². The molecule has 0 aromatic rings. The number of carbonyl (C=O) groups is 1. The lowest BCUT2D eigenvalue weighted by molar-refractivity contribution is -0.236. The Morgan fingerprint density at radius 1 is 0.879 bits per heavy atom. The maximum Gasteiger partial charge on any atom is 0.309 e. The first-order valence-corrected chi connectivity index (χ1v) is 13.5. The molecule has 0 aromatic heterocycles. The first kappa shape index (κ1) is 23.9. The van der Waals surface area contributed by atoms with Crippen LogP contribution in [0.2, 0.25) is 0 Å². The number of aliphatic hydroxyl groups excluding tert-OH is 2. The second-order valence-corrected chi connectivity index (χ2v) is 14.2. The van der Waals surface area contributed by atoms with Crippen LogP contribution >= 0.6 is 0 Å². The fraction of sp³-hybridized carbons (Fsp3) is 0.897. The van der Waals surface area contributed by atoms with E-state index in [9.17, 15) is 20.1 Å². The lowest BCUT2D eigenvalue weighted by Crippen LogP contribution is -2.66. The van der Waals surface area contributed by atoms with Gasteiger partial charge in [0.1, 0.15) is 6.10 Å². The number of fused-ring (bicyclic) bond motifs is 7. The minimum Gasteiger partial charge on any atom is -0.481 e. The molecule has 186 valence electrons. The van der Waals surface area contributed by atoms with E-state index in [2.05, 4.69) is 27.7 Å². The van der Waals surface area contributed by atoms with Crippen LogP contribution < -0.4 is 0 Å². The second-order valence-electron chi connectivity index (χ2n) is 14.2. The number of hydrogen-bond acceptors (Lipinski definition) is 3. The molecule has 0 radical (unpaired) electrons. The summed E-state index contributed by atoms with van der Waals surface area (Å²) >= 11 is 0. The first-order chi connectivity index (χ1) is 15.2. The van der Waals surface area contributed by atoms with E-state index in [1.807, 2.05) is 13.8 Å². The van der Waals surface area contributed by atoms with E-state index in [1.165, 1.54) is 18.4 Å². The zero-order valence-electron chi connectivity index (χ0n) is 21.7. The van der Waals surface area contributed by atoms with Gasteiger partial charge in [0.15, 0.2) is 0 Å². The Morgan fingerprint density at radius 3 is 2.15 bits per heavy atom. The smallest absolute Gasteiger partial charge is 0.309 e. The molecular formula is C29H46O4. The first-order valence-electron chi connectivity index (χ1n) is 13.5. The molecule has 5 aliphatic carbocycles. The van der Waals surface area contributed by atoms with Crippen LogP contribution in [0.5, 0.6) is 0 Å². The molecule has 0 aromatic carbocycles. The van der Waals surface area contributed by atoms with Gasteiger partial charge in [-0.2, -0.15) is 0 Å². The molecule has 0 spiro atoms.